The number of aryl methyl sites for hydroxylation is 1. The summed E-state index contributed by atoms with van der Waals surface area (Å²) in [6, 6.07) is 4.96. The maximum Gasteiger partial charge on any atom is 0.266 e. The predicted octanol–water partition coefficient (Wildman–Crippen LogP) is 1.70. The van der Waals surface area contributed by atoms with E-state index in [2.05, 4.69) is 20.4 Å². The Morgan fingerprint density at radius 3 is 3.00 bits per heavy atom. The summed E-state index contributed by atoms with van der Waals surface area (Å²) >= 11 is 0. The molecule has 21 heavy (non-hydrogen) atoms. The van der Waals surface area contributed by atoms with Crippen molar-refractivity contribution in [3.8, 4) is 0 Å². The number of aromatic nitrogens is 2. The number of rotatable bonds is 2. The van der Waals surface area contributed by atoms with Crippen LogP contribution in [-0.4, -0.2) is 36.3 Å². The maximum absolute atomic E-state index is 13.3. The standard InChI is InChI=1S/C15H17FN4O/c16-11-2-4-12-10(9-11)1-3-13(12)14-18-15(19-21-14)20-7-5-17-6-8-20/h2,4,9,13,17H,1,3,5-8H2. The third-order valence-electron chi connectivity index (χ3n) is 4.31. The Morgan fingerprint density at radius 1 is 1.29 bits per heavy atom. The van der Waals surface area contributed by atoms with Gasteiger partial charge in [-0.05, 0) is 41.3 Å². The summed E-state index contributed by atoms with van der Waals surface area (Å²) in [6.07, 6.45) is 1.77. The fourth-order valence-corrected chi connectivity index (χ4v) is 3.20. The molecule has 1 aliphatic carbocycles. The molecule has 2 heterocycles. The van der Waals surface area contributed by atoms with Gasteiger partial charge in [-0.1, -0.05) is 6.07 Å². The molecule has 1 saturated heterocycles. The van der Waals surface area contributed by atoms with Crippen LogP contribution in [-0.2, 0) is 6.42 Å². The molecule has 1 aromatic carbocycles. The van der Waals surface area contributed by atoms with Crippen molar-refractivity contribution in [2.24, 2.45) is 0 Å². The van der Waals surface area contributed by atoms with Gasteiger partial charge < -0.3 is 14.7 Å². The van der Waals surface area contributed by atoms with Gasteiger partial charge in [0.05, 0.1) is 5.92 Å². The summed E-state index contributed by atoms with van der Waals surface area (Å²) in [5.74, 6) is 1.24. The van der Waals surface area contributed by atoms with E-state index in [1.165, 1.54) is 6.07 Å². The van der Waals surface area contributed by atoms with Gasteiger partial charge in [0.1, 0.15) is 5.82 Å². The number of nitrogens with one attached hydrogen (secondary N) is 1. The maximum atomic E-state index is 13.3. The van der Waals surface area contributed by atoms with Crippen molar-refractivity contribution in [1.82, 2.24) is 15.5 Å². The van der Waals surface area contributed by atoms with E-state index in [4.69, 9.17) is 4.52 Å². The third-order valence-corrected chi connectivity index (χ3v) is 4.31. The van der Waals surface area contributed by atoms with Crippen molar-refractivity contribution in [3.05, 3.63) is 41.0 Å². The molecule has 0 saturated carbocycles. The molecule has 0 bridgehead atoms. The number of fused-ring (bicyclic) bond motifs is 1. The van der Waals surface area contributed by atoms with Crippen LogP contribution >= 0.6 is 0 Å². The van der Waals surface area contributed by atoms with Crippen molar-refractivity contribution in [2.75, 3.05) is 31.1 Å². The Labute approximate surface area is 122 Å². The van der Waals surface area contributed by atoms with Crippen molar-refractivity contribution in [3.63, 3.8) is 0 Å². The monoisotopic (exact) mass is 288 g/mol. The quantitative estimate of drug-likeness (QED) is 0.911. The van der Waals surface area contributed by atoms with Crippen molar-refractivity contribution < 1.29 is 8.91 Å². The molecule has 0 radical (unpaired) electrons. The van der Waals surface area contributed by atoms with E-state index in [0.29, 0.717) is 11.8 Å². The number of hydrogen-bond donors (Lipinski definition) is 1. The van der Waals surface area contributed by atoms with E-state index >= 15 is 0 Å². The lowest BCUT2D eigenvalue weighted by Crippen LogP contribution is -2.44. The van der Waals surface area contributed by atoms with Crippen LogP contribution in [0.4, 0.5) is 10.3 Å². The predicted molar refractivity (Wildman–Crippen MR) is 75.9 cm³/mol. The summed E-state index contributed by atoms with van der Waals surface area (Å²) < 4.78 is 18.7. The van der Waals surface area contributed by atoms with E-state index in [1.54, 1.807) is 6.07 Å². The smallest absolute Gasteiger partial charge is 0.266 e. The Balaban J connectivity index is 1.60. The number of piperazine rings is 1. The van der Waals surface area contributed by atoms with Crippen molar-refractivity contribution in [1.29, 1.82) is 0 Å². The molecule has 2 aromatic rings. The van der Waals surface area contributed by atoms with Gasteiger partial charge in [0, 0.05) is 26.2 Å². The second kappa shape index (κ2) is 5.11. The number of benzene rings is 1. The molecule has 1 unspecified atom stereocenters. The molecule has 0 spiro atoms. The minimum absolute atomic E-state index is 0.102. The number of hydrogen-bond acceptors (Lipinski definition) is 5. The highest BCUT2D eigenvalue weighted by Crippen LogP contribution is 2.38. The van der Waals surface area contributed by atoms with Crippen LogP contribution in [0.5, 0.6) is 0 Å². The van der Waals surface area contributed by atoms with Crippen LogP contribution < -0.4 is 10.2 Å². The lowest BCUT2D eigenvalue weighted by Gasteiger charge is -2.25. The molecule has 1 fully saturated rings. The topological polar surface area (TPSA) is 54.2 Å². The summed E-state index contributed by atoms with van der Waals surface area (Å²) in [5.41, 5.74) is 2.17. The first-order valence-electron chi connectivity index (χ1n) is 7.39. The molecule has 0 amide bonds. The van der Waals surface area contributed by atoms with E-state index in [1.807, 2.05) is 6.07 Å². The molecule has 1 aromatic heterocycles. The highest BCUT2D eigenvalue weighted by Gasteiger charge is 2.29. The molecule has 1 atom stereocenters. The summed E-state index contributed by atoms with van der Waals surface area (Å²) in [5, 5.41) is 7.41. The Hall–Kier alpha value is -1.95. The molecular weight excluding hydrogens is 271 g/mol. The van der Waals surface area contributed by atoms with Crippen LogP contribution in [0.1, 0.15) is 29.4 Å². The average molecular weight is 288 g/mol. The van der Waals surface area contributed by atoms with Crippen LogP contribution in [0, 0.1) is 5.82 Å². The fourth-order valence-electron chi connectivity index (χ4n) is 3.20. The largest absolute Gasteiger partial charge is 0.337 e. The average Bonchev–Trinajstić information content (AvgIpc) is 3.13. The van der Waals surface area contributed by atoms with Gasteiger partial charge in [-0.3, -0.25) is 0 Å². The van der Waals surface area contributed by atoms with E-state index < -0.39 is 0 Å². The zero-order chi connectivity index (χ0) is 14.2. The molecular formula is C15H17FN4O. The molecule has 1 N–H and O–H groups in total. The van der Waals surface area contributed by atoms with E-state index in [9.17, 15) is 4.39 Å². The third kappa shape index (κ3) is 2.29. The van der Waals surface area contributed by atoms with Crippen LogP contribution in [0.2, 0.25) is 0 Å². The molecule has 1 aliphatic heterocycles. The summed E-state index contributed by atoms with van der Waals surface area (Å²) in [4.78, 5) is 6.69. The van der Waals surface area contributed by atoms with Gasteiger partial charge in [0.15, 0.2) is 0 Å². The molecule has 5 nitrogen and oxygen atoms in total. The number of halogens is 1. The minimum Gasteiger partial charge on any atom is -0.337 e. The van der Waals surface area contributed by atoms with Crippen molar-refractivity contribution in [2.45, 2.75) is 18.8 Å². The highest BCUT2D eigenvalue weighted by atomic mass is 19.1. The van der Waals surface area contributed by atoms with Crippen LogP contribution in [0.3, 0.4) is 0 Å². The minimum atomic E-state index is -0.179. The van der Waals surface area contributed by atoms with Gasteiger partial charge in [0.25, 0.3) is 5.95 Å². The zero-order valence-corrected chi connectivity index (χ0v) is 11.7. The highest BCUT2D eigenvalue weighted by molar-refractivity contribution is 5.39. The first kappa shape index (κ1) is 12.8. The summed E-state index contributed by atoms with van der Waals surface area (Å²) in [7, 11) is 0. The molecule has 4 rings (SSSR count). The molecule has 110 valence electrons. The zero-order valence-electron chi connectivity index (χ0n) is 11.7. The normalized spacial score (nSPS) is 21.6. The summed E-state index contributed by atoms with van der Waals surface area (Å²) in [6.45, 7) is 3.67. The van der Waals surface area contributed by atoms with E-state index in [0.717, 1.165) is 50.1 Å². The number of nitrogens with zero attached hydrogens (tertiary/aromatic N) is 3. The lowest BCUT2D eigenvalue weighted by atomic mass is 10.0. The van der Waals surface area contributed by atoms with Gasteiger partial charge in [-0.25, -0.2) is 4.39 Å². The fraction of sp³-hybridized carbons (Fsp3) is 0.467. The first-order valence-corrected chi connectivity index (χ1v) is 7.39. The van der Waals surface area contributed by atoms with Crippen molar-refractivity contribution >= 4 is 5.95 Å². The van der Waals surface area contributed by atoms with Gasteiger partial charge in [-0.2, -0.15) is 4.98 Å². The van der Waals surface area contributed by atoms with Gasteiger partial charge in [-0.15, -0.1) is 0 Å². The Bertz CT molecular complexity index is 651. The first-order chi connectivity index (χ1) is 10.3. The van der Waals surface area contributed by atoms with Crippen LogP contribution in [0.15, 0.2) is 22.7 Å². The second-order valence-corrected chi connectivity index (χ2v) is 5.60. The van der Waals surface area contributed by atoms with Crippen LogP contribution in [0.25, 0.3) is 0 Å². The number of anilines is 1. The Morgan fingerprint density at radius 2 is 2.14 bits per heavy atom. The molecule has 6 heteroatoms. The van der Waals surface area contributed by atoms with E-state index in [-0.39, 0.29) is 11.7 Å². The Kier molecular flexibility index (Phi) is 3.11. The second-order valence-electron chi connectivity index (χ2n) is 5.60. The SMILES string of the molecule is Fc1ccc2c(c1)CCC2c1nc(N2CCNCC2)no1. The molecule has 2 aliphatic rings. The lowest BCUT2D eigenvalue weighted by molar-refractivity contribution is 0.363. The van der Waals surface area contributed by atoms with Gasteiger partial charge >= 0.3 is 0 Å². The van der Waals surface area contributed by atoms with Gasteiger partial charge in [0.2, 0.25) is 5.89 Å².